The maximum absolute atomic E-state index is 12.8. The number of imide groups is 1. The van der Waals surface area contributed by atoms with Crippen molar-refractivity contribution in [2.75, 3.05) is 6.61 Å². The van der Waals surface area contributed by atoms with Crippen LogP contribution in [0.5, 0.6) is 0 Å². The highest BCUT2D eigenvalue weighted by molar-refractivity contribution is 6.74. The predicted molar refractivity (Wildman–Crippen MR) is 100.0 cm³/mol. The lowest BCUT2D eigenvalue weighted by molar-refractivity contribution is -0.147. The van der Waals surface area contributed by atoms with E-state index in [1.54, 1.807) is 13.8 Å². The van der Waals surface area contributed by atoms with Crippen molar-refractivity contribution in [1.82, 2.24) is 10.2 Å². The molecule has 0 aromatic heterocycles. The first-order valence-corrected chi connectivity index (χ1v) is 12.2. The first kappa shape index (κ1) is 20.9. The molecule has 0 unspecified atom stereocenters. The zero-order valence-corrected chi connectivity index (χ0v) is 18.1. The van der Waals surface area contributed by atoms with Crippen molar-refractivity contribution >= 4 is 26.2 Å². The van der Waals surface area contributed by atoms with Crippen LogP contribution < -0.4 is 5.32 Å². The van der Waals surface area contributed by atoms with Crippen LogP contribution in [0, 0.1) is 11.8 Å². The highest BCUT2D eigenvalue weighted by Crippen LogP contribution is 2.39. The highest BCUT2D eigenvalue weighted by Gasteiger charge is 2.52. The topological polar surface area (TPSA) is 84.9 Å². The van der Waals surface area contributed by atoms with Crippen molar-refractivity contribution < 1.29 is 23.5 Å². The molecule has 0 aromatic carbocycles. The average Bonchev–Trinajstić information content (AvgIpc) is 2.80. The van der Waals surface area contributed by atoms with E-state index < -0.39 is 26.2 Å². The minimum atomic E-state index is -2.03. The number of β-lactam (4-membered cyclic amide) rings is 1. The monoisotopic (exact) mass is 384 g/mol. The number of nitrogens with one attached hydrogen (secondary N) is 1. The zero-order chi connectivity index (χ0) is 20.0. The normalized spacial score (nSPS) is 28.9. The smallest absolute Gasteiger partial charge is 0.416 e. The molecule has 26 heavy (non-hydrogen) atoms. The van der Waals surface area contributed by atoms with Crippen molar-refractivity contribution in [2.45, 2.75) is 77.9 Å². The Hall–Kier alpha value is -1.41. The SMILES string of the molecule is C[C@@H](O[Si](C)(C)C(C)(C)C)[C@H]1C(=O)N[C@@H]1[C@@H](C)C(=O)N1C(=O)OC[C@@H]1C. The van der Waals surface area contributed by atoms with Crippen molar-refractivity contribution in [3.8, 4) is 0 Å². The fourth-order valence-electron chi connectivity index (χ4n) is 3.27. The second-order valence-corrected chi connectivity index (χ2v) is 13.8. The van der Waals surface area contributed by atoms with Gasteiger partial charge in [-0.3, -0.25) is 9.59 Å². The second kappa shape index (κ2) is 6.96. The molecule has 2 aliphatic heterocycles. The summed E-state index contributed by atoms with van der Waals surface area (Å²) in [6, 6.07) is -0.622. The first-order chi connectivity index (χ1) is 11.8. The number of ether oxygens (including phenoxy) is 1. The summed E-state index contributed by atoms with van der Waals surface area (Å²) in [5.74, 6) is -1.32. The van der Waals surface area contributed by atoms with Gasteiger partial charge < -0.3 is 14.5 Å². The summed E-state index contributed by atoms with van der Waals surface area (Å²) in [6.45, 7) is 16.4. The second-order valence-electron chi connectivity index (χ2n) is 9.07. The highest BCUT2D eigenvalue weighted by atomic mass is 28.4. The van der Waals surface area contributed by atoms with Gasteiger partial charge in [0, 0.05) is 0 Å². The van der Waals surface area contributed by atoms with Gasteiger partial charge in [0.25, 0.3) is 0 Å². The molecule has 0 saturated carbocycles. The fourth-order valence-corrected chi connectivity index (χ4v) is 4.70. The van der Waals surface area contributed by atoms with Gasteiger partial charge >= 0.3 is 6.09 Å². The van der Waals surface area contributed by atoms with Gasteiger partial charge in [0.15, 0.2) is 8.32 Å². The molecule has 1 N–H and O–H groups in total. The lowest BCUT2D eigenvalue weighted by Gasteiger charge is -2.47. The molecular formula is C18H32N2O5Si. The summed E-state index contributed by atoms with van der Waals surface area (Å²) in [5, 5.41) is 2.86. The molecule has 0 radical (unpaired) electrons. The van der Waals surface area contributed by atoms with E-state index in [0.717, 1.165) is 4.90 Å². The Morgan fingerprint density at radius 2 is 1.88 bits per heavy atom. The molecule has 2 fully saturated rings. The molecule has 0 aromatic rings. The van der Waals surface area contributed by atoms with Crippen molar-refractivity contribution in [2.24, 2.45) is 11.8 Å². The Bertz CT molecular complexity index is 601. The summed E-state index contributed by atoms with van der Waals surface area (Å²) in [7, 11) is -2.03. The van der Waals surface area contributed by atoms with Crippen LogP contribution in [0.3, 0.4) is 0 Å². The Balaban J connectivity index is 2.09. The summed E-state index contributed by atoms with van der Waals surface area (Å²) in [4.78, 5) is 37.9. The fraction of sp³-hybridized carbons (Fsp3) is 0.833. The Kier molecular flexibility index (Phi) is 5.59. The Labute approximate surface area is 156 Å². The minimum Gasteiger partial charge on any atom is -0.447 e. The van der Waals surface area contributed by atoms with E-state index in [1.807, 2.05) is 6.92 Å². The third kappa shape index (κ3) is 3.67. The number of cyclic esters (lactones) is 1. The molecule has 2 rings (SSSR count). The molecule has 7 nitrogen and oxygen atoms in total. The van der Waals surface area contributed by atoms with Crippen LogP contribution in [0.4, 0.5) is 4.79 Å². The van der Waals surface area contributed by atoms with Crippen LogP contribution in [-0.4, -0.2) is 55.9 Å². The predicted octanol–water partition coefficient (Wildman–Crippen LogP) is 2.51. The van der Waals surface area contributed by atoms with Gasteiger partial charge in [-0.1, -0.05) is 27.7 Å². The molecule has 8 heteroatoms. The number of hydrogen-bond acceptors (Lipinski definition) is 5. The number of amides is 3. The van der Waals surface area contributed by atoms with E-state index in [2.05, 4.69) is 39.2 Å². The lowest BCUT2D eigenvalue weighted by Crippen LogP contribution is -2.67. The molecule has 0 bridgehead atoms. The zero-order valence-electron chi connectivity index (χ0n) is 17.1. The number of hydrogen-bond donors (Lipinski definition) is 1. The van der Waals surface area contributed by atoms with E-state index in [9.17, 15) is 14.4 Å². The summed E-state index contributed by atoms with van der Waals surface area (Å²) in [5.41, 5.74) is 0. The van der Waals surface area contributed by atoms with Gasteiger partial charge in [0.05, 0.1) is 30.0 Å². The van der Waals surface area contributed by atoms with Gasteiger partial charge in [-0.05, 0) is 32.0 Å². The molecule has 2 aliphatic rings. The Morgan fingerprint density at radius 3 is 2.31 bits per heavy atom. The van der Waals surface area contributed by atoms with Crippen LogP contribution in [0.2, 0.25) is 18.1 Å². The van der Waals surface area contributed by atoms with Gasteiger partial charge in [0.1, 0.15) is 6.61 Å². The summed E-state index contributed by atoms with van der Waals surface area (Å²) >= 11 is 0. The summed E-state index contributed by atoms with van der Waals surface area (Å²) < 4.78 is 11.3. The van der Waals surface area contributed by atoms with Crippen LogP contribution in [0.15, 0.2) is 0 Å². The van der Waals surface area contributed by atoms with Gasteiger partial charge in [0.2, 0.25) is 11.8 Å². The molecular weight excluding hydrogens is 352 g/mol. The van der Waals surface area contributed by atoms with Crippen molar-refractivity contribution in [3.63, 3.8) is 0 Å². The minimum absolute atomic E-state index is 0.0349. The summed E-state index contributed by atoms with van der Waals surface area (Å²) in [6.07, 6.45) is -0.894. The van der Waals surface area contributed by atoms with E-state index in [-0.39, 0.29) is 41.6 Å². The van der Waals surface area contributed by atoms with Crippen LogP contribution in [0.25, 0.3) is 0 Å². The third-order valence-corrected chi connectivity index (χ3v) is 10.6. The third-order valence-electron chi connectivity index (χ3n) is 6.04. The Morgan fingerprint density at radius 1 is 1.31 bits per heavy atom. The van der Waals surface area contributed by atoms with Crippen LogP contribution in [0.1, 0.15) is 41.5 Å². The van der Waals surface area contributed by atoms with Gasteiger partial charge in [-0.25, -0.2) is 9.69 Å². The van der Waals surface area contributed by atoms with Crippen molar-refractivity contribution in [3.05, 3.63) is 0 Å². The van der Waals surface area contributed by atoms with E-state index >= 15 is 0 Å². The first-order valence-electron chi connectivity index (χ1n) is 9.26. The maximum atomic E-state index is 12.8. The number of carbonyl (C=O) groups excluding carboxylic acids is 3. The van der Waals surface area contributed by atoms with Gasteiger partial charge in [-0.2, -0.15) is 0 Å². The number of rotatable bonds is 5. The molecule has 5 atom stereocenters. The van der Waals surface area contributed by atoms with Crippen molar-refractivity contribution in [1.29, 1.82) is 0 Å². The van der Waals surface area contributed by atoms with Gasteiger partial charge in [-0.15, -0.1) is 0 Å². The van der Waals surface area contributed by atoms with Crippen LogP contribution >= 0.6 is 0 Å². The molecule has 0 spiro atoms. The van der Waals surface area contributed by atoms with Crippen LogP contribution in [-0.2, 0) is 18.8 Å². The largest absolute Gasteiger partial charge is 0.447 e. The van der Waals surface area contributed by atoms with E-state index in [4.69, 9.17) is 9.16 Å². The van der Waals surface area contributed by atoms with E-state index in [1.165, 1.54) is 0 Å². The van der Waals surface area contributed by atoms with E-state index in [0.29, 0.717) is 0 Å². The molecule has 0 aliphatic carbocycles. The molecule has 3 amide bonds. The number of carbonyl (C=O) groups is 3. The maximum Gasteiger partial charge on any atom is 0.416 e. The molecule has 2 heterocycles. The number of nitrogens with zero attached hydrogens (tertiary/aromatic N) is 1. The standard InChI is InChI=1S/C18H32N2O5Si/c1-10-9-24-17(23)20(10)16(22)11(2)14-13(15(21)19-14)12(3)25-26(7,8)18(4,5)6/h10-14H,9H2,1-8H3,(H,19,21)/t10-,11+,12+,13+,14+/m0/s1. The lowest BCUT2D eigenvalue weighted by atomic mass is 9.78. The molecule has 148 valence electrons. The average molecular weight is 385 g/mol. The molecule has 2 saturated heterocycles. The quantitative estimate of drug-likeness (QED) is 0.581.